The Kier molecular flexibility index (Phi) is 2.57. The van der Waals surface area contributed by atoms with E-state index in [1.807, 2.05) is 18.2 Å². The second-order valence-electron chi connectivity index (χ2n) is 4.57. The Bertz CT molecular complexity index is 411. The van der Waals surface area contributed by atoms with Gasteiger partial charge in [-0.15, -0.1) is 0 Å². The predicted molar refractivity (Wildman–Crippen MR) is 61.4 cm³/mol. The first-order valence-electron chi connectivity index (χ1n) is 5.63. The molecule has 1 aromatic rings. The average molecular weight is 237 g/mol. The molecule has 2 aliphatic heterocycles. The zero-order chi connectivity index (χ0) is 11.7. The van der Waals surface area contributed by atoms with Crippen molar-refractivity contribution >= 4 is 5.69 Å². The standard InChI is InChI=1S/C12H15NO4/c14-5-12(6-15-7-12)4-13-9-1-2-10-11(3-9)17-8-16-10/h1-3,13-14H,4-8H2. The summed E-state index contributed by atoms with van der Waals surface area (Å²) in [6.45, 7) is 2.35. The van der Waals surface area contributed by atoms with Gasteiger partial charge in [0, 0.05) is 18.3 Å². The van der Waals surface area contributed by atoms with Crippen LogP contribution in [0.5, 0.6) is 11.5 Å². The van der Waals surface area contributed by atoms with Crippen molar-refractivity contribution in [1.29, 1.82) is 0 Å². The fraction of sp³-hybridized carbons (Fsp3) is 0.500. The highest BCUT2D eigenvalue weighted by molar-refractivity contribution is 5.55. The van der Waals surface area contributed by atoms with Gasteiger partial charge in [-0.05, 0) is 12.1 Å². The lowest BCUT2D eigenvalue weighted by atomic mass is 9.87. The van der Waals surface area contributed by atoms with Crippen LogP contribution in [0.3, 0.4) is 0 Å². The van der Waals surface area contributed by atoms with E-state index in [-0.39, 0.29) is 18.8 Å². The lowest BCUT2D eigenvalue weighted by Crippen LogP contribution is -2.50. The van der Waals surface area contributed by atoms with Gasteiger partial charge in [0.1, 0.15) is 0 Å². The number of rotatable bonds is 4. The van der Waals surface area contributed by atoms with Gasteiger partial charge in [0.2, 0.25) is 6.79 Å². The van der Waals surface area contributed by atoms with Crippen molar-refractivity contribution in [3.63, 3.8) is 0 Å². The predicted octanol–water partition coefficient (Wildman–Crippen LogP) is 0.836. The number of hydrogen-bond acceptors (Lipinski definition) is 5. The van der Waals surface area contributed by atoms with Crippen LogP contribution in [-0.4, -0.2) is 38.3 Å². The van der Waals surface area contributed by atoms with Gasteiger partial charge >= 0.3 is 0 Å². The summed E-state index contributed by atoms with van der Waals surface area (Å²) in [5, 5.41) is 12.6. The number of nitrogens with one attached hydrogen (secondary N) is 1. The second-order valence-corrected chi connectivity index (χ2v) is 4.57. The van der Waals surface area contributed by atoms with Gasteiger partial charge in [-0.1, -0.05) is 0 Å². The van der Waals surface area contributed by atoms with Crippen molar-refractivity contribution in [2.24, 2.45) is 5.41 Å². The molecule has 5 nitrogen and oxygen atoms in total. The number of anilines is 1. The molecule has 2 heterocycles. The Morgan fingerprint density at radius 1 is 1.24 bits per heavy atom. The van der Waals surface area contributed by atoms with Crippen LogP contribution in [0.4, 0.5) is 5.69 Å². The highest BCUT2D eigenvalue weighted by Crippen LogP contribution is 2.35. The molecule has 0 amide bonds. The first kappa shape index (κ1) is 10.7. The number of aliphatic hydroxyl groups is 1. The van der Waals surface area contributed by atoms with Crippen molar-refractivity contribution in [2.45, 2.75) is 0 Å². The van der Waals surface area contributed by atoms with Crippen molar-refractivity contribution < 1.29 is 19.3 Å². The molecule has 0 radical (unpaired) electrons. The molecule has 0 unspecified atom stereocenters. The molecule has 3 rings (SSSR count). The summed E-state index contributed by atoms with van der Waals surface area (Å²) in [6.07, 6.45) is 0. The third-order valence-electron chi connectivity index (χ3n) is 3.19. The fourth-order valence-corrected chi connectivity index (χ4v) is 1.94. The Hall–Kier alpha value is -1.46. The molecule has 2 N–H and O–H groups in total. The minimum absolute atomic E-state index is 0.129. The number of hydrogen-bond donors (Lipinski definition) is 2. The Morgan fingerprint density at radius 3 is 2.76 bits per heavy atom. The highest BCUT2D eigenvalue weighted by Gasteiger charge is 2.37. The summed E-state index contributed by atoms with van der Waals surface area (Å²) in [5.74, 6) is 1.54. The molecule has 0 aromatic heterocycles. The quantitative estimate of drug-likeness (QED) is 0.812. The molecule has 1 saturated heterocycles. The van der Waals surface area contributed by atoms with Gasteiger partial charge in [0.05, 0.1) is 25.2 Å². The van der Waals surface area contributed by atoms with Crippen molar-refractivity contribution in [3.05, 3.63) is 18.2 Å². The van der Waals surface area contributed by atoms with Crippen LogP contribution in [-0.2, 0) is 4.74 Å². The average Bonchev–Trinajstić information content (AvgIpc) is 2.75. The van der Waals surface area contributed by atoms with Crippen molar-refractivity contribution in [3.8, 4) is 11.5 Å². The Morgan fingerprint density at radius 2 is 2.06 bits per heavy atom. The zero-order valence-corrected chi connectivity index (χ0v) is 9.44. The second kappa shape index (κ2) is 4.09. The topological polar surface area (TPSA) is 60.0 Å². The van der Waals surface area contributed by atoms with E-state index in [0.29, 0.717) is 19.8 Å². The van der Waals surface area contributed by atoms with Gasteiger partial charge in [0.25, 0.3) is 0 Å². The van der Waals surface area contributed by atoms with Gasteiger partial charge in [-0.25, -0.2) is 0 Å². The number of fused-ring (bicyclic) bond motifs is 1. The third-order valence-corrected chi connectivity index (χ3v) is 3.19. The van der Waals surface area contributed by atoms with Crippen molar-refractivity contribution in [2.75, 3.05) is 38.5 Å². The van der Waals surface area contributed by atoms with E-state index >= 15 is 0 Å². The van der Waals surface area contributed by atoms with E-state index in [2.05, 4.69) is 5.32 Å². The van der Waals surface area contributed by atoms with E-state index in [1.54, 1.807) is 0 Å². The minimum atomic E-state index is -0.129. The normalized spacial score (nSPS) is 19.8. The molecule has 5 heteroatoms. The van der Waals surface area contributed by atoms with E-state index in [9.17, 15) is 5.11 Å². The summed E-state index contributed by atoms with van der Waals surface area (Å²) >= 11 is 0. The molecular weight excluding hydrogens is 222 g/mol. The van der Waals surface area contributed by atoms with Crippen LogP contribution in [0.1, 0.15) is 0 Å². The summed E-state index contributed by atoms with van der Waals surface area (Å²) in [5.41, 5.74) is 0.838. The van der Waals surface area contributed by atoms with Crippen LogP contribution in [0, 0.1) is 5.41 Å². The van der Waals surface area contributed by atoms with E-state index in [0.717, 1.165) is 17.2 Å². The van der Waals surface area contributed by atoms with E-state index in [4.69, 9.17) is 14.2 Å². The summed E-state index contributed by atoms with van der Waals surface area (Å²) in [6, 6.07) is 5.73. The molecule has 0 bridgehead atoms. The minimum Gasteiger partial charge on any atom is -0.454 e. The van der Waals surface area contributed by atoms with Gasteiger partial charge in [0.15, 0.2) is 11.5 Å². The Balaban J connectivity index is 1.65. The number of ether oxygens (including phenoxy) is 3. The van der Waals surface area contributed by atoms with Gasteiger partial charge in [-0.3, -0.25) is 0 Å². The highest BCUT2D eigenvalue weighted by atomic mass is 16.7. The van der Waals surface area contributed by atoms with Crippen LogP contribution in [0.2, 0.25) is 0 Å². The Labute approximate surface area is 99.3 Å². The lowest BCUT2D eigenvalue weighted by Gasteiger charge is -2.40. The summed E-state index contributed by atoms with van der Waals surface area (Å²) in [7, 11) is 0. The van der Waals surface area contributed by atoms with Gasteiger partial charge < -0.3 is 24.6 Å². The first-order valence-corrected chi connectivity index (χ1v) is 5.63. The molecule has 0 aliphatic carbocycles. The van der Waals surface area contributed by atoms with E-state index in [1.165, 1.54) is 0 Å². The molecule has 0 atom stereocenters. The molecule has 0 spiro atoms. The fourth-order valence-electron chi connectivity index (χ4n) is 1.94. The summed E-state index contributed by atoms with van der Waals surface area (Å²) < 4.78 is 15.7. The zero-order valence-electron chi connectivity index (χ0n) is 9.44. The lowest BCUT2D eigenvalue weighted by molar-refractivity contribution is -0.128. The monoisotopic (exact) mass is 237 g/mol. The van der Waals surface area contributed by atoms with Crippen LogP contribution >= 0.6 is 0 Å². The summed E-state index contributed by atoms with van der Waals surface area (Å²) in [4.78, 5) is 0. The molecule has 17 heavy (non-hydrogen) atoms. The molecule has 2 aliphatic rings. The van der Waals surface area contributed by atoms with Gasteiger partial charge in [-0.2, -0.15) is 0 Å². The number of benzene rings is 1. The maximum Gasteiger partial charge on any atom is 0.231 e. The maximum absolute atomic E-state index is 9.30. The van der Waals surface area contributed by atoms with Crippen LogP contribution in [0.15, 0.2) is 18.2 Å². The van der Waals surface area contributed by atoms with Crippen molar-refractivity contribution in [1.82, 2.24) is 0 Å². The molecule has 1 fully saturated rings. The maximum atomic E-state index is 9.30. The molecular formula is C12H15NO4. The van der Waals surface area contributed by atoms with E-state index < -0.39 is 0 Å². The first-order chi connectivity index (χ1) is 8.31. The number of aliphatic hydroxyl groups excluding tert-OH is 1. The third kappa shape index (κ3) is 1.92. The SMILES string of the molecule is OCC1(CNc2ccc3c(c2)OCO3)COC1. The molecule has 92 valence electrons. The van der Waals surface area contributed by atoms with Crippen LogP contribution in [0.25, 0.3) is 0 Å². The molecule has 1 aromatic carbocycles. The smallest absolute Gasteiger partial charge is 0.231 e. The largest absolute Gasteiger partial charge is 0.454 e. The molecule has 0 saturated carbocycles. The van der Waals surface area contributed by atoms with Crippen LogP contribution < -0.4 is 14.8 Å².